The molecule has 26 unspecified atom stereocenters. The fourth-order valence-electron chi connectivity index (χ4n) is 15.1. The molecule has 4 aliphatic heterocycles. The Morgan fingerprint density at radius 2 is 1.30 bits per heavy atom. The number of nitrogens with one attached hydrogen (secondary N) is 1. The molecule has 0 bridgehead atoms. The van der Waals surface area contributed by atoms with Crippen LogP contribution in [0.3, 0.4) is 0 Å². The van der Waals surface area contributed by atoms with E-state index in [0.29, 0.717) is 30.6 Å². The van der Waals surface area contributed by atoms with Gasteiger partial charge in [0.25, 0.3) is 0 Å². The van der Waals surface area contributed by atoms with E-state index in [0.717, 1.165) is 50.5 Å². The Balaban J connectivity index is 0.976. The third kappa shape index (κ3) is 11.4. The number of aliphatic hydroxyl groups is 11. The molecule has 0 aromatic heterocycles. The summed E-state index contributed by atoms with van der Waals surface area (Å²) in [5, 5.41) is 121. The van der Waals surface area contributed by atoms with Gasteiger partial charge in [0.1, 0.15) is 91.5 Å². The van der Waals surface area contributed by atoms with Gasteiger partial charge in [0.15, 0.2) is 30.9 Å². The van der Waals surface area contributed by atoms with Crippen molar-refractivity contribution in [1.82, 2.24) is 5.32 Å². The van der Waals surface area contributed by atoms with Crippen LogP contribution < -0.4 is 5.32 Å². The highest BCUT2D eigenvalue weighted by Gasteiger charge is 2.61. The molecule has 1 amide bonds. The molecule has 0 aromatic rings. The summed E-state index contributed by atoms with van der Waals surface area (Å²) in [4.78, 5) is 25.5. The van der Waals surface area contributed by atoms with Crippen molar-refractivity contribution in [2.24, 2.45) is 39.9 Å². The molecule has 0 spiro atoms. The molecule has 8 aliphatic rings. The third-order valence-corrected chi connectivity index (χ3v) is 19.1. The molecule has 22 heteroatoms. The summed E-state index contributed by atoms with van der Waals surface area (Å²) in [5.74, 6) is 1.02. The molecular weight excluding hydrogens is 999 g/mol. The van der Waals surface area contributed by atoms with E-state index in [-0.39, 0.29) is 29.1 Å². The predicted octanol–water partition coefficient (Wildman–Crippen LogP) is -0.652. The van der Waals surface area contributed by atoms with Crippen LogP contribution >= 0.6 is 0 Å². The van der Waals surface area contributed by atoms with Gasteiger partial charge in [-0.3, -0.25) is 9.59 Å². The topological polar surface area (TPSA) is 343 Å². The molecule has 12 N–H and O–H groups in total. The number of aliphatic hydroxyl groups excluding tert-OH is 11. The number of ether oxygens (including phenoxy) is 8. The zero-order valence-corrected chi connectivity index (χ0v) is 45.1. The molecule has 4 heterocycles. The van der Waals surface area contributed by atoms with Crippen molar-refractivity contribution >= 4 is 11.7 Å². The van der Waals surface area contributed by atoms with Crippen LogP contribution in [0.25, 0.3) is 0 Å². The van der Waals surface area contributed by atoms with Crippen LogP contribution in [0.15, 0.2) is 22.8 Å². The predicted molar refractivity (Wildman–Crippen MR) is 265 cm³/mol. The van der Waals surface area contributed by atoms with Crippen molar-refractivity contribution in [2.75, 3.05) is 26.4 Å². The quantitative estimate of drug-likeness (QED) is 0.0675. The number of rotatable bonds is 16. The number of fused-ring (bicyclic) bond motifs is 4. The van der Waals surface area contributed by atoms with Gasteiger partial charge in [0.05, 0.1) is 32.5 Å². The molecule has 22 nitrogen and oxygen atoms in total. The first-order valence-electron chi connectivity index (χ1n) is 27.4. The maximum atomic E-state index is 12.9. The van der Waals surface area contributed by atoms with Gasteiger partial charge in [0.2, 0.25) is 5.91 Å². The van der Waals surface area contributed by atoms with Gasteiger partial charge in [-0.05, 0) is 111 Å². The van der Waals surface area contributed by atoms with Crippen LogP contribution in [0.2, 0.25) is 0 Å². The maximum Gasteiger partial charge on any atom is 0.217 e. The van der Waals surface area contributed by atoms with Crippen LogP contribution in [0.5, 0.6) is 0 Å². The zero-order valence-electron chi connectivity index (χ0n) is 45.1. The van der Waals surface area contributed by atoms with E-state index in [1.54, 1.807) is 17.2 Å². The Hall–Kier alpha value is -2.14. The van der Waals surface area contributed by atoms with Crippen LogP contribution in [-0.4, -0.2) is 217 Å². The Morgan fingerprint density at radius 3 is 1.96 bits per heavy atom. The van der Waals surface area contributed by atoms with E-state index in [9.17, 15) is 65.8 Å². The summed E-state index contributed by atoms with van der Waals surface area (Å²) in [6.45, 7) is 14.0. The molecule has 0 radical (unpaired) electrons. The lowest BCUT2D eigenvalue weighted by Gasteiger charge is -2.61. The van der Waals surface area contributed by atoms with Gasteiger partial charge in [-0.1, -0.05) is 51.3 Å². The summed E-state index contributed by atoms with van der Waals surface area (Å²) >= 11 is 0. The summed E-state index contributed by atoms with van der Waals surface area (Å²) < 4.78 is 48.5. The number of carbonyl (C=O) groups excluding carboxylic acids is 2. The van der Waals surface area contributed by atoms with E-state index < -0.39 is 154 Å². The highest BCUT2D eigenvalue weighted by atomic mass is 16.8. The van der Waals surface area contributed by atoms with Crippen LogP contribution in [-0.2, 0) is 47.5 Å². The lowest BCUT2D eigenvalue weighted by atomic mass is 9.45. The molecule has 4 aliphatic carbocycles. The summed E-state index contributed by atoms with van der Waals surface area (Å²) in [6, 6.07) is -1.48. The van der Waals surface area contributed by atoms with Crippen molar-refractivity contribution in [1.29, 1.82) is 0 Å². The van der Waals surface area contributed by atoms with Crippen molar-refractivity contribution in [2.45, 2.75) is 236 Å². The Kier molecular flexibility index (Phi) is 18.7. The average Bonchev–Trinajstić information content (AvgIpc) is 3.72. The first-order chi connectivity index (χ1) is 35.8. The summed E-state index contributed by atoms with van der Waals surface area (Å²) in [7, 11) is 0. The van der Waals surface area contributed by atoms with E-state index in [1.807, 2.05) is 13.8 Å². The minimum absolute atomic E-state index is 0.0956. The molecule has 434 valence electrons. The number of amides is 1. The number of hydrogen-bond donors (Lipinski definition) is 12. The molecule has 6 fully saturated rings. The third-order valence-electron chi connectivity index (χ3n) is 19.1. The number of allylic oxidation sites excluding steroid dienone is 4. The Labute approximate surface area is 444 Å². The first-order valence-corrected chi connectivity index (χ1v) is 27.4. The second-order valence-electron chi connectivity index (χ2n) is 24.6. The maximum absolute atomic E-state index is 12.9. The monoisotopic (exact) mass is 1090 g/mol. The fraction of sp³-hybridized carbons (Fsp3) is 0.889. The van der Waals surface area contributed by atoms with Crippen molar-refractivity contribution in [3.63, 3.8) is 0 Å². The highest BCUT2D eigenvalue weighted by Crippen LogP contribution is 2.68. The molecular formula is C54H87NO21. The number of carbonyl (C=O) groups is 2. The Morgan fingerprint density at radius 1 is 0.684 bits per heavy atom. The zero-order chi connectivity index (χ0) is 55.5. The summed E-state index contributed by atoms with van der Waals surface area (Å²) in [6.07, 6.45) is -20.5. The van der Waals surface area contributed by atoms with Crippen LogP contribution in [0.4, 0.5) is 0 Å². The standard InChI is InChI=1S/C54H87NO21/c1-23(2)17-26(59)18-24(3)28-10-11-29-27-9-12-35-52(5,6)36(14-16-54(35,8)30(27)13-15-53(28,29)7)74-51-46(38(61)31(60)21-69-51)75-48-37(55-25(4)58)42(65)41(64)34(73-48)22-70-50-47(44(67)40(63)33(20-57)72-50)76-49-45(68)43(66)39(62)32(19-56)71-49/h17,24,28-29,31-51,56-57,60-68H,9-16,18-22H2,1-8H3,(H,55,58). The second-order valence-corrected chi connectivity index (χ2v) is 24.6. The van der Waals surface area contributed by atoms with Crippen LogP contribution in [0, 0.1) is 39.9 Å². The van der Waals surface area contributed by atoms with E-state index >= 15 is 0 Å². The van der Waals surface area contributed by atoms with Crippen molar-refractivity contribution < 1.29 is 104 Å². The van der Waals surface area contributed by atoms with Gasteiger partial charge < -0.3 is 99.4 Å². The highest BCUT2D eigenvalue weighted by molar-refractivity contribution is 5.90. The van der Waals surface area contributed by atoms with Crippen molar-refractivity contribution in [3.8, 4) is 0 Å². The van der Waals surface area contributed by atoms with Gasteiger partial charge >= 0.3 is 0 Å². The molecule has 4 saturated heterocycles. The second kappa shape index (κ2) is 23.8. The number of ketones is 1. The van der Waals surface area contributed by atoms with Crippen LogP contribution in [0.1, 0.15) is 113 Å². The van der Waals surface area contributed by atoms with Gasteiger partial charge in [-0.15, -0.1) is 0 Å². The molecule has 8 rings (SSSR count). The fourth-order valence-corrected chi connectivity index (χ4v) is 15.1. The van der Waals surface area contributed by atoms with Gasteiger partial charge in [-0.25, -0.2) is 0 Å². The van der Waals surface area contributed by atoms with E-state index in [4.69, 9.17) is 37.9 Å². The normalized spacial score (nSPS) is 47.8. The number of hydrogen-bond acceptors (Lipinski definition) is 21. The molecule has 26 atom stereocenters. The Bertz CT molecular complexity index is 2090. The smallest absolute Gasteiger partial charge is 0.217 e. The van der Waals surface area contributed by atoms with Crippen molar-refractivity contribution in [3.05, 3.63) is 22.8 Å². The lowest BCUT2D eigenvalue weighted by Crippen LogP contribution is -2.67. The SMILES string of the molecule is CC(=O)NC1C(OC2C(OC3CCC4(C)C5=C(CCC4C3(C)C)C3CCC(C(C)CC(=O)C=C(C)C)C3(C)CC5)OCC(O)C2O)OC(COC2OC(CO)C(O)C(O)C2OC2OC(CO)C(O)C(O)C2O)C(O)C1O. The van der Waals surface area contributed by atoms with E-state index in [1.165, 1.54) is 6.92 Å². The summed E-state index contributed by atoms with van der Waals surface area (Å²) in [5.41, 5.74) is 3.82. The first kappa shape index (κ1) is 60.0. The molecule has 2 saturated carbocycles. The lowest BCUT2D eigenvalue weighted by molar-refractivity contribution is -0.376. The molecule has 76 heavy (non-hydrogen) atoms. The average molecular weight is 1090 g/mol. The van der Waals surface area contributed by atoms with E-state index in [2.05, 4.69) is 39.9 Å². The largest absolute Gasteiger partial charge is 0.394 e. The van der Waals surface area contributed by atoms with Gasteiger partial charge in [0, 0.05) is 13.3 Å². The molecule has 0 aromatic carbocycles. The minimum atomic E-state index is -1.93. The minimum Gasteiger partial charge on any atom is -0.394 e. The van der Waals surface area contributed by atoms with Gasteiger partial charge in [-0.2, -0.15) is 0 Å².